The Kier molecular flexibility index (Phi) is 5.06. The summed E-state index contributed by atoms with van der Waals surface area (Å²) in [5.74, 6) is 1.38. The molecule has 0 spiro atoms. The van der Waals surface area contributed by atoms with E-state index >= 15 is 0 Å². The van der Waals surface area contributed by atoms with Crippen molar-refractivity contribution >= 4 is 23.1 Å². The molecule has 1 heterocycles. The number of furan rings is 1. The standard InChI is InChI=1S/C14H16N2O3S/c1-2-8-15-12-6-3-7-13(14(12)16(17)18)20-10-11-5-4-9-19-11/h3-7,9,15H,2,8,10H2,1H3. The summed E-state index contributed by atoms with van der Waals surface area (Å²) in [6, 6.07) is 9.00. The molecule has 6 heteroatoms. The van der Waals surface area contributed by atoms with Crippen LogP contribution in [0.4, 0.5) is 11.4 Å². The Morgan fingerprint density at radius 3 is 2.85 bits per heavy atom. The van der Waals surface area contributed by atoms with Crippen LogP contribution in [-0.2, 0) is 5.75 Å². The normalized spacial score (nSPS) is 10.4. The Morgan fingerprint density at radius 2 is 2.20 bits per heavy atom. The van der Waals surface area contributed by atoms with Gasteiger partial charge in [-0.2, -0.15) is 0 Å². The number of nitro benzene ring substituents is 1. The molecule has 0 atom stereocenters. The summed E-state index contributed by atoms with van der Waals surface area (Å²) < 4.78 is 5.24. The summed E-state index contributed by atoms with van der Waals surface area (Å²) in [6.45, 7) is 2.74. The number of nitro groups is 1. The van der Waals surface area contributed by atoms with Crippen LogP contribution < -0.4 is 5.32 Å². The van der Waals surface area contributed by atoms with E-state index in [4.69, 9.17) is 4.42 Å². The zero-order valence-electron chi connectivity index (χ0n) is 11.2. The second-order valence-electron chi connectivity index (χ2n) is 4.20. The molecule has 0 saturated carbocycles. The minimum atomic E-state index is -0.331. The van der Waals surface area contributed by atoms with E-state index in [1.54, 1.807) is 18.4 Å². The first kappa shape index (κ1) is 14.5. The molecule has 0 fully saturated rings. The van der Waals surface area contributed by atoms with E-state index < -0.39 is 0 Å². The molecule has 0 amide bonds. The molecule has 0 aliphatic carbocycles. The number of thioether (sulfide) groups is 1. The highest BCUT2D eigenvalue weighted by molar-refractivity contribution is 7.98. The molecule has 1 aromatic carbocycles. The van der Waals surface area contributed by atoms with Crippen LogP contribution >= 0.6 is 11.8 Å². The van der Waals surface area contributed by atoms with E-state index in [0.29, 0.717) is 22.9 Å². The smallest absolute Gasteiger partial charge is 0.305 e. The number of nitrogens with zero attached hydrogens (tertiary/aromatic N) is 1. The molecule has 0 saturated heterocycles. The Hall–Kier alpha value is -1.95. The highest BCUT2D eigenvalue weighted by Gasteiger charge is 2.19. The third-order valence-corrected chi connectivity index (χ3v) is 3.77. The molecule has 20 heavy (non-hydrogen) atoms. The maximum Gasteiger partial charge on any atom is 0.305 e. The van der Waals surface area contributed by atoms with Gasteiger partial charge in [0.25, 0.3) is 0 Å². The van der Waals surface area contributed by atoms with Gasteiger partial charge in [0.2, 0.25) is 0 Å². The van der Waals surface area contributed by atoms with E-state index in [0.717, 1.165) is 12.2 Å². The number of benzene rings is 1. The SMILES string of the molecule is CCCNc1cccc(SCc2ccco2)c1[N+](=O)[O-]. The summed E-state index contributed by atoms with van der Waals surface area (Å²) >= 11 is 1.41. The minimum absolute atomic E-state index is 0.137. The number of anilines is 1. The van der Waals surface area contributed by atoms with Gasteiger partial charge >= 0.3 is 5.69 Å². The first-order valence-electron chi connectivity index (χ1n) is 6.38. The summed E-state index contributed by atoms with van der Waals surface area (Å²) in [5, 5.41) is 14.4. The minimum Gasteiger partial charge on any atom is -0.468 e. The van der Waals surface area contributed by atoms with Gasteiger partial charge in [0.1, 0.15) is 11.4 Å². The van der Waals surface area contributed by atoms with Gasteiger partial charge in [0.15, 0.2) is 0 Å². The zero-order chi connectivity index (χ0) is 14.4. The summed E-state index contributed by atoms with van der Waals surface area (Å²) in [6.07, 6.45) is 2.52. The second-order valence-corrected chi connectivity index (χ2v) is 5.22. The van der Waals surface area contributed by atoms with Gasteiger partial charge in [-0.15, -0.1) is 11.8 Å². The lowest BCUT2D eigenvalue weighted by Crippen LogP contribution is -2.04. The van der Waals surface area contributed by atoms with Crippen molar-refractivity contribution in [3.05, 3.63) is 52.5 Å². The molecule has 0 aliphatic rings. The fraction of sp³-hybridized carbons (Fsp3) is 0.286. The first-order valence-corrected chi connectivity index (χ1v) is 7.37. The molecule has 2 aromatic rings. The van der Waals surface area contributed by atoms with Crippen LogP contribution in [-0.4, -0.2) is 11.5 Å². The molecular formula is C14H16N2O3S. The lowest BCUT2D eigenvalue weighted by Gasteiger charge is -2.08. The quantitative estimate of drug-likeness (QED) is 0.468. The first-order chi connectivity index (χ1) is 9.72. The number of nitrogens with one attached hydrogen (secondary N) is 1. The predicted octanol–water partition coefficient (Wildman–Crippen LogP) is 4.30. The van der Waals surface area contributed by atoms with Crippen molar-refractivity contribution in [1.82, 2.24) is 0 Å². The molecule has 106 valence electrons. The lowest BCUT2D eigenvalue weighted by atomic mass is 10.2. The monoisotopic (exact) mass is 292 g/mol. The number of rotatable bonds is 7. The van der Waals surface area contributed by atoms with E-state index in [2.05, 4.69) is 5.32 Å². The summed E-state index contributed by atoms with van der Waals surface area (Å²) in [5.41, 5.74) is 0.707. The Labute approximate surface area is 121 Å². The molecule has 2 rings (SSSR count). The van der Waals surface area contributed by atoms with Crippen molar-refractivity contribution in [2.45, 2.75) is 24.0 Å². The zero-order valence-corrected chi connectivity index (χ0v) is 12.0. The fourth-order valence-electron chi connectivity index (χ4n) is 1.77. The van der Waals surface area contributed by atoms with Crippen molar-refractivity contribution in [3.8, 4) is 0 Å². The largest absolute Gasteiger partial charge is 0.468 e. The van der Waals surface area contributed by atoms with Crippen molar-refractivity contribution in [2.24, 2.45) is 0 Å². The number of hydrogen-bond acceptors (Lipinski definition) is 5. The Bertz CT molecular complexity index is 570. The van der Waals surface area contributed by atoms with Gasteiger partial charge in [0, 0.05) is 6.54 Å². The van der Waals surface area contributed by atoms with E-state index in [9.17, 15) is 10.1 Å². The third kappa shape index (κ3) is 3.54. The highest BCUT2D eigenvalue weighted by Crippen LogP contribution is 2.37. The molecule has 0 unspecified atom stereocenters. The van der Waals surface area contributed by atoms with E-state index in [-0.39, 0.29) is 10.6 Å². The lowest BCUT2D eigenvalue weighted by molar-refractivity contribution is -0.386. The van der Waals surface area contributed by atoms with Crippen molar-refractivity contribution < 1.29 is 9.34 Å². The Morgan fingerprint density at radius 1 is 1.35 bits per heavy atom. The number of hydrogen-bond donors (Lipinski definition) is 1. The van der Waals surface area contributed by atoms with Gasteiger partial charge in [-0.1, -0.05) is 13.0 Å². The van der Waals surface area contributed by atoms with Gasteiger partial charge in [0.05, 0.1) is 21.8 Å². The maximum atomic E-state index is 11.3. The molecule has 1 N–H and O–H groups in total. The second kappa shape index (κ2) is 7.00. The van der Waals surface area contributed by atoms with Crippen molar-refractivity contribution in [1.29, 1.82) is 0 Å². The van der Waals surface area contributed by atoms with Crippen LogP contribution in [0, 0.1) is 10.1 Å². The third-order valence-electron chi connectivity index (χ3n) is 2.70. The van der Waals surface area contributed by atoms with Gasteiger partial charge in [-0.3, -0.25) is 10.1 Å². The van der Waals surface area contributed by atoms with Crippen LogP contribution in [0.1, 0.15) is 19.1 Å². The van der Waals surface area contributed by atoms with Crippen LogP contribution in [0.3, 0.4) is 0 Å². The van der Waals surface area contributed by atoms with E-state index in [1.807, 2.05) is 25.1 Å². The average Bonchev–Trinajstić information content (AvgIpc) is 2.95. The maximum absolute atomic E-state index is 11.3. The molecule has 0 bridgehead atoms. The Balaban J connectivity index is 2.20. The summed E-state index contributed by atoms with van der Waals surface area (Å²) in [7, 11) is 0. The van der Waals surface area contributed by atoms with Crippen LogP contribution in [0.5, 0.6) is 0 Å². The van der Waals surface area contributed by atoms with Crippen LogP contribution in [0.15, 0.2) is 45.9 Å². The van der Waals surface area contributed by atoms with Gasteiger partial charge < -0.3 is 9.73 Å². The highest BCUT2D eigenvalue weighted by atomic mass is 32.2. The molecule has 0 aliphatic heterocycles. The molecule has 0 radical (unpaired) electrons. The van der Waals surface area contributed by atoms with Crippen LogP contribution in [0.25, 0.3) is 0 Å². The van der Waals surface area contributed by atoms with Crippen molar-refractivity contribution in [3.63, 3.8) is 0 Å². The molecule has 1 aromatic heterocycles. The average molecular weight is 292 g/mol. The molecule has 5 nitrogen and oxygen atoms in total. The van der Waals surface area contributed by atoms with Crippen molar-refractivity contribution in [2.75, 3.05) is 11.9 Å². The summed E-state index contributed by atoms with van der Waals surface area (Å²) in [4.78, 5) is 11.6. The fourth-order valence-corrected chi connectivity index (χ4v) is 2.73. The van der Waals surface area contributed by atoms with E-state index in [1.165, 1.54) is 11.8 Å². The molecular weight excluding hydrogens is 276 g/mol. The predicted molar refractivity (Wildman–Crippen MR) is 80.1 cm³/mol. The van der Waals surface area contributed by atoms with Gasteiger partial charge in [-0.25, -0.2) is 0 Å². The van der Waals surface area contributed by atoms with Crippen LogP contribution in [0.2, 0.25) is 0 Å². The van der Waals surface area contributed by atoms with Gasteiger partial charge in [-0.05, 0) is 30.7 Å². The number of para-hydroxylation sites is 1. The topological polar surface area (TPSA) is 68.3 Å².